The van der Waals surface area contributed by atoms with E-state index in [0.29, 0.717) is 5.75 Å². The van der Waals surface area contributed by atoms with E-state index in [4.69, 9.17) is 13.9 Å². The number of methoxy groups -OCH3 is 2. The van der Waals surface area contributed by atoms with Crippen molar-refractivity contribution in [3.8, 4) is 22.6 Å². The van der Waals surface area contributed by atoms with Crippen molar-refractivity contribution in [2.24, 2.45) is 0 Å². The van der Waals surface area contributed by atoms with Crippen molar-refractivity contribution in [1.82, 2.24) is 0 Å². The zero-order valence-corrected chi connectivity index (χ0v) is 15.2. The second kappa shape index (κ2) is 6.06. The van der Waals surface area contributed by atoms with Crippen LogP contribution in [0.4, 0.5) is 0 Å². The second-order valence-electron chi connectivity index (χ2n) is 6.52. The Morgan fingerprint density at radius 3 is 2.30 bits per heavy atom. The van der Waals surface area contributed by atoms with E-state index in [2.05, 4.69) is 42.5 Å². The van der Waals surface area contributed by atoms with Gasteiger partial charge in [-0.15, -0.1) is 0 Å². The molecule has 1 heterocycles. The van der Waals surface area contributed by atoms with Crippen LogP contribution in [0.25, 0.3) is 43.8 Å². The van der Waals surface area contributed by atoms with Crippen molar-refractivity contribution in [1.29, 1.82) is 0 Å². The zero-order valence-electron chi connectivity index (χ0n) is 15.2. The van der Waals surface area contributed by atoms with Gasteiger partial charge in [-0.3, -0.25) is 0 Å². The molecule has 3 nitrogen and oxygen atoms in total. The van der Waals surface area contributed by atoms with Crippen molar-refractivity contribution in [2.45, 2.75) is 0 Å². The van der Waals surface area contributed by atoms with E-state index < -0.39 is 0 Å². The number of fused-ring (bicyclic) bond motifs is 5. The van der Waals surface area contributed by atoms with E-state index in [1.807, 2.05) is 30.3 Å². The highest BCUT2D eigenvalue weighted by molar-refractivity contribution is 6.24. The van der Waals surface area contributed by atoms with Crippen molar-refractivity contribution in [3.63, 3.8) is 0 Å². The van der Waals surface area contributed by atoms with E-state index in [-0.39, 0.29) is 0 Å². The zero-order chi connectivity index (χ0) is 18.4. The second-order valence-corrected chi connectivity index (χ2v) is 6.52. The predicted octanol–water partition coefficient (Wildman–Crippen LogP) is 6.42. The molecule has 3 heteroatoms. The van der Waals surface area contributed by atoms with Gasteiger partial charge < -0.3 is 13.9 Å². The fourth-order valence-corrected chi connectivity index (χ4v) is 3.80. The van der Waals surface area contributed by atoms with Gasteiger partial charge in [0.05, 0.1) is 19.6 Å². The monoisotopic (exact) mass is 354 g/mol. The molecule has 0 radical (unpaired) electrons. The molecule has 4 aromatic carbocycles. The Labute approximate surface area is 156 Å². The molecule has 0 saturated carbocycles. The average Bonchev–Trinajstić information content (AvgIpc) is 3.12. The third-order valence-corrected chi connectivity index (χ3v) is 5.04. The summed E-state index contributed by atoms with van der Waals surface area (Å²) < 4.78 is 17.5. The molecular formula is C24H18O3. The Hall–Kier alpha value is -3.46. The average molecular weight is 354 g/mol. The lowest BCUT2D eigenvalue weighted by Gasteiger charge is -2.08. The molecule has 5 rings (SSSR count). The summed E-state index contributed by atoms with van der Waals surface area (Å²) in [5, 5.41) is 4.36. The molecule has 0 amide bonds. The molecule has 0 aliphatic carbocycles. The molecule has 0 aliphatic rings. The molecular weight excluding hydrogens is 336 g/mol. The first-order chi connectivity index (χ1) is 13.3. The van der Waals surface area contributed by atoms with Crippen LogP contribution in [-0.2, 0) is 0 Å². The minimum absolute atomic E-state index is 0.712. The van der Waals surface area contributed by atoms with Crippen LogP contribution < -0.4 is 9.47 Å². The maximum atomic E-state index is 6.37. The lowest BCUT2D eigenvalue weighted by atomic mass is 9.96. The number of hydrogen-bond acceptors (Lipinski definition) is 3. The van der Waals surface area contributed by atoms with E-state index in [0.717, 1.165) is 44.2 Å². The number of rotatable bonds is 3. The van der Waals surface area contributed by atoms with Gasteiger partial charge in [-0.2, -0.15) is 0 Å². The van der Waals surface area contributed by atoms with Crippen LogP contribution in [-0.4, -0.2) is 14.2 Å². The van der Waals surface area contributed by atoms with Crippen molar-refractivity contribution < 1.29 is 13.9 Å². The number of ether oxygens (including phenoxy) is 2. The van der Waals surface area contributed by atoms with Gasteiger partial charge in [0, 0.05) is 23.1 Å². The molecule has 0 atom stereocenters. The molecule has 0 aliphatic heterocycles. The van der Waals surface area contributed by atoms with Crippen LogP contribution in [0.5, 0.6) is 11.5 Å². The fraction of sp³-hybridized carbons (Fsp3) is 0.0833. The highest BCUT2D eigenvalue weighted by atomic mass is 16.5. The molecule has 132 valence electrons. The molecule has 0 unspecified atom stereocenters. The van der Waals surface area contributed by atoms with Crippen molar-refractivity contribution in [3.05, 3.63) is 72.8 Å². The first-order valence-electron chi connectivity index (χ1n) is 8.85. The fourth-order valence-electron chi connectivity index (χ4n) is 3.80. The maximum Gasteiger partial charge on any atom is 0.144 e. The van der Waals surface area contributed by atoms with Gasteiger partial charge in [0.25, 0.3) is 0 Å². The summed E-state index contributed by atoms with van der Waals surface area (Å²) in [4.78, 5) is 0. The van der Waals surface area contributed by atoms with Crippen LogP contribution in [0, 0.1) is 0 Å². The molecule has 0 saturated heterocycles. The topological polar surface area (TPSA) is 31.6 Å². The smallest absolute Gasteiger partial charge is 0.144 e. The van der Waals surface area contributed by atoms with Gasteiger partial charge in [-0.25, -0.2) is 0 Å². The summed E-state index contributed by atoms with van der Waals surface area (Å²) in [6, 6.07) is 24.7. The quantitative estimate of drug-likeness (QED) is 0.374. The molecule has 1 aromatic heterocycles. The largest absolute Gasteiger partial charge is 0.496 e. The Morgan fingerprint density at radius 1 is 0.741 bits per heavy atom. The third kappa shape index (κ3) is 2.36. The van der Waals surface area contributed by atoms with E-state index in [1.54, 1.807) is 14.2 Å². The van der Waals surface area contributed by atoms with Crippen LogP contribution in [0.1, 0.15) is 0 Å². The Morgan fingerprint density at radius 2 is 1.52 bits per heavy atom. The van der Waals surface area contributed by atoms with Gasteiger partial charge in [-0.05, 0) is 22.4 Å². The molecule has 27 heavy (non-hydrogen) atoms. The summed E-state index contributed by atoms with van der Waals surface area (Å²) in [7, 11) is 3.32. The van der Waals surface area contributed by atoms with Gasteiger partial charge >= 0.3 is 0 Å². The molecule has 0 fully saturated rings. The highest BCUT2D eigenvalue weighted by Crippen LogP contribution is 2.45. The summed E-state index contributed by atoms with van der Waals surface area (Å²) in [6.45, 7) is 0. The normalized spacial score (nSPS) is 11.3. The number of benzene rings is 4. The lowest BCUT2D eigenvalue weighted by Crippen LogP contribution is -1.88. The van der Waals surface area contributed by atoms with Crippen LogP contribution in [0.2, 0.25) is 0 Å². The molecule has 0 spiro atoms. The SMILES string of the molecule is COc1cc(OC)c2c(c1)oc1c(-c3ccccc3)cc3ccccc3c12. The van der Waals surface area contributed by atoms with Gasteiger partial charge in [0.15, 0.2) is 0 Å². The predicted molar refractivity (Wildman–Crippen MR) is 110 cm³/mol. The third-order valence-electron chi connectivity index (χ3n) is 5.04. The molecule has 0 bridgehead atoms. The summed E-state index contributed by atoms with van der Waals surface area (Å²) >= 11 is 0. The Balaban J connectivity index is 2.03. The lowest BCUT2D eigenvalue weighted by molar-refractivity contribution is 0.397. The summed E-state index contributed by atoms with van der Waals surface area (Å²) in [5.41, 5.74) is 3.82. The maximum absolute atomic E-state index is 6.37. The van der Waals surface area contributed by atoms with Gasteiger partial charge in [-0.1, -0.05) is 54.6 Å². The first-order valence-corrected chi connectivity index (χ1v) is 8.85. The van der Waals surface area contributed by atoms with E-state index in [9.17, 15) is 0 Å². The van der Waals surface area contributed by atoms with Gasteiger partial charge in [0.1, 0.15) is 22.7 Å². The molecule has 5 aromatic rings. The van der Waals surface area contributed by atoms with Crippen molar-refractivity contribution in [2.75, 3.05) is 14.2 Å². The molecule has 0 N–H and O–H groups in total. The van der Waals surface area contributed by atoms with E-state index in [1.165, 1.54) is 5.39 Å². The summed E-state index contributed by atoms with van der Waals surface area (Å²) in [6.07, 6.45) is 0. The summed E-state index contributed by atoms with van der Waals surface area (Å²) in [5.74, 6) is 1.46. The van der Waals surface area contributed by atoms with Crippen molar-refractivity contribution >= 4 is 32.7 Å². The van der Waals surface area contributed by atoms with Crippen LogP contribution >= 0.6 is 0 Å². The Kier molecular flexibility index (Phi) is 3.54. The minimum Gasteiger partial charge on any atom is -0.496 e. The van der Waals surface area contributed by atoms with Gasteiger partial charge in [0.2, 0.25) is 0 Å². The number of furan rings is 1. The first kappa shape index (κ1) is 15.8. The van der Waals surface area contributed by atoms with Crippen LogP contribution in [0.3, 0.4) is 0 Å². The minimum atomic E-state index is 0.712. The van der Waals surface area contributed by atoms with Crippen LogP contribution in [0.15, 0.2) is 77.2 Å². The Bertz CT molecular complexity index is 1280. The standard InChI is InChI=1S/C24H18O3/c1-25-17-13-20(26-2)23-21(14-17)27-24-19(15-8-4-3-5-9-15)12-16-10-6-7-11-18(16)22(23)24/h3-14H,1-2H3. The highest BCUT2D eigenvalue weighted by Gasteiger charge is 2.19. The number of hydrogen-bond donors (Lipinski definition) is 0. The van der Waals surface area contributed by atoms with E-state index >= 15 is 0 Å².